The molecule has 0 amide bonds. The number of hydrogen-bond acceptors (Lipinski definition) is 6. The van der Waals surface area contributed by atoms with Gasteiger partial charge in [-0.25, -0.2) is 4.79 Å². The number of aromatic nitrogens is 5. The van der Waals surface area contributed by atoms with Crippen molar-refractivity contribution in [3.8, 4) is 11.8 Å². The number of hydrogen-bond donors (Lipinski definition) is 0. The van der Waals surface area contributed by atoms with Crippen molar-refractivity contribution in [3.05, 3.63) is 52.3 Å². The Bertz CT molecular complexity index is 819. The number of rotatable bonds is 5. The monoisotopic (exact) mass is 301 g/mol. The number of ether oxygens (including phenoxy) is 1. The molecule has 8 nitrogen and oxygen atoms in total. The predicted octanol–water partition coefficient (Wildman–Crippen LogP) is 1.10. The Labute approximate surface area is 125 Å². The van der Waals surface area contributed by atoms with Crippen LogP contribution in [-0.4, -0.2) is 24.8 Å². The molecule has 0 fully saturated rings. The van der Waals surface area contributed by atoms with E-state index in [2.05, 4.69) is 15.4 Å². The Balaban J connectivity index is 2.02. The number of nitrogens with zero attached hydrogens (tertiary/aromatic N) is 5. The molecule has 0 radical (unpaired) electrons. The molecule has 0 atom stereocenters. The molecule has 8 heteroatoms. The van der Waals surface area contributed by atoms with Gasteiger partial charge in [-0.3, -0.25) is 0 Å². The lowest BCUT2D eigenvalue weighted by molar-refractivity contribution is 0.219. The maximum absolute atomic E-state index is 12.1. The van der Waals surface area contributed by atoms with Crippen LogP contribution in [0.5, 0.6) is 6.08 Å². The largest absolute Gasteiger partial charge is 0.445 e. The predicted molar refractivity (Wildman–Crippen MR) is 76.8 cm³/mol. The van der Waals surface area contributed by atoms with Gasteiger partial charge in [-0.2, -0.15) is 14.3 Å². The second-order valence-electron chi connectivity index (χ2n) is 4.65. The maximum atomic E-state index is 12.1. The molecule has 0 aliphatic heterocycles. The van der Waals surface area contributed by atoms with Crippen molar-refractivity contribution in [2.45, 2.75) is 20.0 Å². The first-order valence-electron chi connectivity index (χ1n) is 6.83. The molecule has 3 rings (SSSR count). The molecule has 2 heterocycles. The molecule has 0 aliphatic rings. The van der Waals surface area contributed by atoms with Crippen molar-refractivity contribution in [1.29, 1.82) is 0 Å². The van der Waals surface area contributed by atoms with E-state index in [0.717, 1.165) is 17.5 Å². The standard InChI is InChI=1S/C14H15N5O3/c1-3-10-5-4-6-12(19-14(20)18(2)16-17-19)11(10)9-22-13-15-7-8-21-13/h4-8H,3,9H2,1-2H3. The summed E-state index contributed by atoms with van der Waals surface area (Å²) >= 11 is 0. The minimum Gasteiger partial charge on any atom is -0.445 e. The molecule has 0 aliphatic carbocycles. The van der Waals surface area contributed by atoms with E-state index in [1.165, 1.54) is 21.8 Å². The van der Waals surface area contributed by atoms with Gasteiger partial charge in [0.2, 0.25) is 0 Å². The van der Waals surface area contributed by atoms with Crippen molar-refractivity contribution in [2.75, 3.05) is 0 Å². The highest BCUT2D eigenvalue weighted by Gasteiger charge is 2.15. The van der Waals surface area contributed by atoms with Gasteiger partial charge in [-0.1, -0.05) is 19.1 Å². The molecular weight excluding hydrogens is 286 g/mol. The topological polar surface area (TPSA) is 88.0 Å². The normalized spacial score (nSPS) is 10.8. The highest BCUT2D eigenvalue weighted by Crippen LogP contribution is 2.20. The third-order valence-corrected chi connectivity index (χ3v) is 3.33. The van der Waals surface area contributed by atoms with E-state index in [4.69, 9.17) is 9.15 Å². The summed E-state index contributed by atoms with van der Waals surface area (Å²) in [5, 5.41) is 7.63. The molecule has 3 aromatic rings. The van der Waals surface area contributed by atoms with Gasteiger partial charge < -0.3 is 9.15 Å². The quantitative estimate of drug-likeness (QED) is 0.701. The van der Waals surface area contributed by atoms with Crippen LogP contribution in [0.4, 0.5) is 0 Å². The van der Waals surface area contributed by atoms with Gasteiger partial charge in [0.1, 0.15) is 12.9 Å². The maximum Gasteiger partial charge on any atom is 0.393 e. The van der Waals surface area contributed by atoms with E-state index in [1.807, 2.05) is 25.1 Å². The minimum absolute atomic E-state index is 0.184. The van der Waals surface area contributed by atoms with Crippen LogP contribution in [0.25, 0.3) is 5.69 Å². The van der Waals surface area contributed by atoms with E-state index < -0.39 is 0 Å². The summed E-state index contributed by atoms with van der Waals surface area (Å²) in [6, 6.07) is 5.67. The van der Waals surface area contributed by atoms with Crippen LogP contribution >= 0.6 is 0 Å². The van der Waals surface area contributed by atoms with E-state index in [-0.39, 0.29) is 18.4 Å². The zero-order valence-electron chi connectivity index (χ0n) is 12.3. The van der Waals surface area contributed by atoms with Gasteiger partial charge in [0, 0.05) is 12.6 Å². The van der Waals surface area contributed by atoms with Gasteiger partial charge in [-0.05, 0) is 28.5 Å². The van der Waals surface area contributed by atoms with Crippen LogP contribution in [-0.2, 0) is 20.1 Å². The highest BCUT2D eigenvalue weighted by molar-refractivity contribution is 5.45. The SMILES string of the molecule is CCc1cccc(-n2nnn(C)c2=O)c1COc1ncco1. The van der Waals surface area contributed by atoms with Crippen molar-refractivity contribution < 1.29 is 9.15 Å². The lowest BCUT2D eigenvalue weighted by atomic mass is 10.0. The van der Waals surface area contributed by atoms with Gasteiger partial charge in [0.25, 0.3) is 0 Å². The molecular formula is C14H15N5O3. The third kappa shape index (κ3) is 2.50. The molecule has 1 aromatic carbocycles. The van der Waals surface area contributed by atoms with E-state index in [9.17, 15) is 4.79 Å². The average Bonchev–Trinajstić information content (AvgIpc) is 3.16. The van der Waals surface area contributed by atoms with Crippen LogP contribution < -0.4 is 10.4 Å². The Morgan fingerprint density at radius 3 is 2.82 bits per heavy atom. The smallest absolute Gasteiger partial charge is 0.393 e. The molecule has 0 saturated carbocycles. The zero-order valence-corrected chi connectivity index (χ0v) is 12.3. The summed E-state index contributed by atoms with van der Waals surface area (Å²) in [6.07, 6.45) is 3.93. The van der Waals surface area contributed by atoms with Crippen molar-refractivity contribution >= 4 is 0 Å². The van der Waals surface area contributed by atoms with Crippen LogP contribution in [0.1, 0.15) is 18.1 Å². The van der Waals surface area contributed by atoms with Crippen LogP contribution in [0.15, 0.2) is 39.9 Å². The Morgan fingerprint density at radius 2 is 2.18 bits per heavy atom. The lowest BCUT2D eigenvalue weighted by Crippen LogP contribution is -2.23. The van der Waals surface area contributed by atoms with Crippen molar-refractivity contribution in [2.24, 2.45) is 7.05 Å². The Kier molecular flexibility index (Phi) is 3.73. The Hall–Kier alpha value is -2.90. The van der Waals surface area contributed by atoms with Gasteiger partial charge in [0.05, 0.1) is 11.9 Å². The average molecular weight is 301 g/mol. The van der Waals surface area contributed by atoms with Gasteiger partial charge >= 0.3 is 11.8 Å². The highest BCUT2D eigenvalue weighted by atomic mass is 16.6. The molecule has 0 saturated heterocycles. The number of oxazole rings is 1. The molecule has 114 valence electrons. The molecule has 2 aromatic heterocycles. The summed E-state index contributed by atoms with van der Waals surface area (Å²) in [5.41, 5.74) is 2.24. The van der Waals surface area contributed by atoms with E-state index in [0.29, 0.717) is 5.69 Å². The fourth-order valence-electron chi connectivity index (χ4n) is 2.20. The summed E-state index contributed by atoms with van der Waals surface area (Å²) in [6.45, 7) is 2.26. The Morgan fingerprint density at radius 1 is 1.32 bits per heavy atom. The summed E-state index contributed by atoms with van der Waals surface area (Å²) in [7, 11) is 1.55. The van der Waals surface area contributed by atoms with Crippen molar-refractivity contribution in [3.63, 3.8) is 0 Å². The van der Waals surface area contributed by atoms with E-state index in [1.54, 1.807) is 7.05 Å². The first-order valence-corrected chi connectivity index (χ1v) is 6.83. The lowest BCUT2D eigenvalue weighted by Gasteiger charge is -2.12. The number of tetrazole rings is 1. The van der Waals surface area contributed by atoms with Crippen LogP contribution in [0.2, 0.25) is 0 Å². The molecule has 0 spiro atoms. The summed E-state index contributed by atoms with van der Waals surface area (Å²) in [4.78, 5) is 16.0. The zero-order chi connectivity index (χ0) is 15.5. The molecule has 22 heavy (non-hydrogen) atoms. The number of aryl methyl sites for hydroxylation is 2. The third-order valence-electron chi connectivity index (χ3n) is 3.33. The molecule has 0 bridgehead atoms. The number of benzene rings is 1. The second-order valence-corrected chi connectivity index (χ2v) is 4.65. The fraction of sp³-hybridized carbons (Fsp3) is 0.286. The first-order chi connectivity index (χ1) is 10.7. The summed E-state index contributed by atoms with van der Waals surface area (Å²) in [5.74, 6) is 0. The van der Waals surface area contributed by atoms with Crippen LogP contribution in [0.3, 0.4) is 0 Å². The van der Waals surface area contributed by atoms with Crippen LogP contribution in [0, 0.1) is 0 Å². The molecule has 0 N–H and O–H groups in total. The minimum atomic E-state index is -0.314. The van der Waals surface area contributed by atoms with Gasteiger partial charge in [0.15, 0.2) is 0 Å². The van der Waals surface area contributed by atoms with E-state index >= 15 is 0 Å². The molecule has 0 unspecified atom stereocenters. The van der Waals surface area contributed by atoms with Gasteiger partial charge in [-0.15, -0.1) is 0 Å². The fourth-order valence-corrected chi connectivity index (χ4v) is 2.20. The summed E-state index contributed by atoms with van der Waals surface area (Å²) < 4.78 is 13.0. The van der Waals surface area contributed by atoms with Crippen molar-refractivity contribution in [1.82, 2.24) is 24.8 Å². The first kappa shape index (κ1) is 14.1. The second kappa shape index (κ2) is 5.84.